The van der Waals surface area contributed by atoms with Crippen LogP contribution in [0, 0.1) is 0 Å². The molecule has 2 N–H and O–H groups in total. The maximum absolute atomic E-state index is 12.3. The fraction of sp³-hybridized carbons (Fsp3) is 0. The summed E-state index contributed by atoms with van der Waals surface area (Å²) in [6, 6.07) is 9.41. The summed E-state index contributed by atoms with van der Waals surface area (Å²) in [5, 5.41) is 9.87. The normalized spacial score (nSPS) is 10.7. The fourth-order valence-electron chi connectivity index (χ4n) is 1.92. The van der Waals surface area contributed by atoms with Crippen LogP contribution in [0.1, 0.15) is 0 Å². The molecule has 0 aliphatic carbocycles. The van der Waals surface area contributed by atoms with E-state index < -0.39 is 11.2 Å². The van der Waals surface area contributed by atoms with Gasteiger partial charge in [-0.3, -0.25) is 4.79 Å². The van der Waals surface area contributed by atoms with Gasteiger partial charge in [-0.15, -0.1) is 0 Å². The SMILES string of the molecule is O=c1[nH]c2c(O)cccc2c(=O)n1-c1ccccn1. The topological polar surface area (TPSA) is 88.0 Å². The maximum atomic E-state index is 12.3. The molecule has 2 heterocycles. The lowest BCUT2D eigenvalue weighted by molar-refractivity contribution is 0.480. The van der Waals surface area contributed by atoms with E-state index in [1.807, 2.05) is 0 Å². The molecule has 3 rings (SSSR count). The van der Waals surface area contributed by atoms with Crippen LogP contribution >= 0.6 is 0 Å². The van der Waals surface area contributed by atoms with Gasteiger partial charge < -0.3 is 10.1 Å². The summed E-state index contributed by atoms with van der Waals surface area (Å²) in [6.07, 6.45) is 1.49. The van der Waals surface area contributed by atoms with Gasteiger partial charge in [0.25, 0.3) is 5.56 Å². The van der Waals surface area contributed by atoms with E-state index in [4.69, 9.17) is 0 Å². The van der Waals surface area contributed by atoms with E-state index in [2.05, 4.69) is 9.97 Å². The lowest BCUT2D eigenvalue weighted by atomic mass is 10.2. The predicted octanol–water partition coefficient (Wildman–Crippen LogP) is 0.780. The second-order valence-corrected chi connectivity index (χ2v) is 3.96. The summed E-state index contributed by atoms with van der Waals surface area (Å²) in [4.78, 5) is 30.7. The van der Waals surface area contributed by atoms with Crippen molar-refractivity contribution in [1.29, 1.82) is 0 Å². The number of fused-ring (bicyclic) bond motifs is 1. The standard InChI is InChI=1S/C13H9N3O3/c17-9-5-3-4-8-11(9)15-13(19)16(12(8)18)10-6-1-2-7-14-10/h1-7,17H,(H,15,19). The summed E-state index contributed by atoms with van der Waals surface area (Å²) in [5.41, 5.74) is -1.03. The van der Waals surface area contributed by atoms with Crippen molar-refractivity contribution in [1.82, 2.24) is 14.5 Å². The van der Waals surface area contributed by atoms with Crippen molar-refractivity contribution in [3.05, 3.63) is 63.4 Å². The first-order valence-corrected chi connectivity index (χ1v) is 5.57. The van der Waals surface area contributed by atoms with Gasteiger partial charge in [-0.25, -0.2) is 14.3 Å². The Bertz CT molecular complexity index is 866. The second-order valence-electron chi connectivity index (χ2n) is 3.96. The monoisotopic (exact) mass is 255 g/mol. The predicted molar refractivity (Wildman–Crippen MR) is 69.6 cm³/mol. The van der Waals surface area contributed by atoms with Gasteiger partial charge >= 0.3 is 5.69 Å². The van der Waals surface area contributed by atoms with Crippen molar-refractivity contribution in [3.8, 4) is 11.6 Å². The number of nitrogens with zero attached hydrogens (tertiary/aromatic N) is 2. The van der Waals surface area contributed by atoms with Crippen LogP contribution in [0.25, 0.3) is 16.7 Å². The molecule has 19 heavy (non-hydrogen) atoms. The molecule has 6 nitrogen and oxygen atoms in total. The third kappa shape index (κ3) is 1.70. The average Bonchev–Trinajstić information content (AvgIpc) is 2.41. The number of phenols is 1. The van der Waals surface area contributed by atoms with Gasteiger partial charge in [0.05, 0.1) is 10.9 Å². The molecule has 0 amide bonds. The Labute approximate surface area is 106 Å². The van der Waals surface area contributed by atoms with Gasteiger partial charge in [0.2, 0.25) is 0 Å². The van der Waals surface area contributed by atoms with Crippen LogP contribution < -0.4 is 11.2 Å². The molecule has 3 aromatic rings. The van der Waals surface area contributed by atoms with E-state index in [1.165, 1.54) is 18.3 Å². The number of hydrogen-bond acceptors (Lipinski definition) is 4. The van der Waals surface area contributed by atoms with E-state index in [-0.39, 0.29) is 22.5 Å². The number of phenolic OH excluding ortho intramolecular Hbond substituents is 1. The molecule has 0 atom stereocenters. The zero-order chi connectivity index (χ0) is 13.4. The molecule has 0 fully saturated rings. The summed E-state index contributed by atoms with van der Waals surface area (Å²) in [6.45, 7) is 0. The zero-order valence-corrected chi connectivity index (χ0v) is 9.70. The summed E-state index contributed by atoms with van der Waals surface area (Å²) in [7, 11) is 0. The highest BCUT2D eigenvalue weighted by molar-refractivity contribution is 5.83. The number of H-pyrrole nitrogens is 1. The Morgan fingerprint density at radius 2 is 1.95 bits per heavy atom. The number of para-hydroxylation sites is 1. The van der Waals surface area contributed by atoms with Crippen molar-refractivity contribution in [2.75, 3.05) is 0 Å². The van der Waals surface area contributed by atoms with Crippen molar-refractivity contribution < 1.29 is 5.11 Å². The van der Waals surface area contributed by atoms with Crippen LogP contribution in [0.2, 0.25) is 0 Å². The molecular formula is C13H9N3O3. The average molecular weight is 255 g/mol. The van der Waals surface area contributed by atoms with E-state index in [9.17, 15) is 14.7 Å². The number of benzene rings is 1. The van der Waals surface area contributed by atoms with Crippen LogP contribution in [0.4, 0.5) is 0 Å². The van der Waals surface area contributed by atoms with Gasteiger partial charge in [0.1, 0.15) is 11.6 Å². The third-order valence-corrected chi connectivity index (χ3v) is 2.79. The quantitative estimate of drug-likeness (QED) is 0.672. The highest BCUT2D eigenvalue weighted by Crippen LogP contribution is 2.17. The van der Waals surface area contributed by atoms with Crippen molar-refractivity contribution >= 4 is 10.9 Å². The zero-order valence-electron chi connectivity index (χ0n) is 9.70. The largest absolute Gasteiger partial charge is 0.506 e. The molecule has 0 saturated heterocycles. The van der Waals surface area contributed by atoms with Crippen LogP contribution in [0.3, 0.4) is 0 Å². The molecule has 1 aromatic carbocycles. The Morgan fingerprint density at radius 3 is 2.68 bits per heavy atom. The van der Waals surface area contributed by atoms with E-state index in [0.717, 1.165) is 4.57 Å². The number of aromatic nitrogens is 3. The molecular weight excluding hydrogens is 246 g/mol. The molecule has 0 spiro atoms. The lowest BCUT2D eigenvalue weighted by Crippen LogP contribution is -2.34. The molecule has 94 valence electrons. The second kappa shape index (κ2) is 4.09. The van der Waals surface area contributed by atoms with Gasteiger partial charge in [-0.05, 0) is 24.3 Å². The molecule has 0 unspecified atom stereocenters. The first kappa shape index (κ1) is 11.2. The van der Waals surface area contributed by atoms with E-state index in [1.54, 1.807) is 24.3 Å². The Hall–Kier alpha value is -2.89. The number of aromatic hydroxyl groups is 1. The first-order valence-electron chi connectivity index (χ1n) is 5.57. The van der Waals surface area contributed by atoms with Crippen molar-refractivity contribution in [2.45, 2.75) is 0 Å². The van der Waals surface area contributed by atoms with Crippen LogP contribution in [-0.4, -0.2) is 19.6 Å². The minimum absolute atomic E-state index is 0.129. The summed E-state index contributed by atoms with van der Waals surface area (Å²) in [5.74, 6) is 0.0962. The van der Waals surface area contributed by atoms with Gasteiger partial charge in [-0.1, -0.05) is 12.1 Å². The number of nitrogens with one attached hydrogen (secondary N) is 1. The first-order chi connectivity index (χ1) is 9.18. The van der Waals surface area contributed by atoms with Crippen LogP contribution in [0.15, 0.2) is 52.2 Å². The highest BCUT2D eigenvalue weighted by atomic mass is 16.3. The highest BCUT2D eigenvalue weighted by Gasteiger charge is 2.11. The molecule has 0 aliphatic rings. The summed E-state index contributed by atoms with van der Waals surface area (Å²) < 4.78 is 0.932. The molecule has 0 aliphatic heterocycles. The molecule has 0 saturated carbocycles. The number of pyridine rings is 1. The van der Waals surface area contributed by atoms with Gasteiger partial charge in [0.15, 0.2) is 0 Å². The minimum atomic E-state index is -0.641. The molecule has 0 bridgehead atoms. The fourth-order valence-corrected chi connectivity index (χ4v) is 1.92. The Morgan fingerprint density at radius 1 is 1.11 bits per heavy atom. The Balaban J connectivity index is 2.47. The Kier molecular flexibility index (Phi) is 2.42. The van der Waals surface area contributed by atoms with Crippen LogP contribution in [0.5, 0.6) is 5.75 Å². The van der Waals surface area contributed by atoms with Crippen molar-refractivity contribution in [2.24, 2.45) is 0 Å². The smallest absolute Gasteiger partial charge is 0.334 e. The summed E-state index contributed by atoms with van der Waals surface area (Å²) >= 11 is 0. The molecule has 2 aromatic heterocycles. The number of rotatable bonds is 1. The molecule has 6 heteroatoms. The molecule has 0 radical (unpaired) electrons. The van der Waals surface area contributed by atoms with E-state index in [0.29, 0.717) is 0 Å². The van der Waals surface area contributed by atoms with Crippen LogP contribution in [-0.2, 0) is 0 Å². The minimum Gasteiger partial charge on any atom is -0.506 e. The van der Waals surface area contributed by atoms with E-state index >= 15 is 0 Å². The van der Waals surface area contributed by atoms with Gasteiger partial charge in [0, 0.05) is 6.20 Å². The maximum Gasteiger partial charge on any atom is 0.334 e. The lowest BCUT2D eigenvalue weighted by Gasteiger charge is -2.05. The third-order valence-electron chi connectivity index (χ3n) is 2.79. The number of aromatic amines is 1. The van der Waals surface area contributed by atoms with Crippen molar-refractivity contribution in [3.63, 3.8) is 0 Å². The number of hydrogen-bond donors (Lipinski definition) is 2. The van der Waals surface area contributed by atoms with Gasteiger partial charge in [-0.2, -0.15) is 0 Å².